The van der Waals surface area contributed by atoms with Crippen molar-refractivity contribution in [2.24, 2.45) is 0 Å². The van der Waals surface area contributed by atoms with E-state index in [4.69, 9.17) is 0 Å². The maximum Gasteiger partial charge on any atom is 0.260 e. The predicted molar refractivity (Wildman–Crippen MR) is 75.7 cm³/mol. The monoisotopic (exact) mass is 298 g/mol. The van der Waals surface area contributed by atoms with E-state index in [2.05, 4.69) is 15.5 Å². The first kappa shape index (κ1) is 14.0. The fourth-order valence-corrected chi connectivity index (χ4v) is 4.27. The molecule has 6 nitrogen and oxygen atoms in total. The van der Waals surface area contributed by atoms with Crippen molar-refractivity contribution in [3.8, 4) is 0 Å². The van der Waals surface area contributed by atoms with Crippen molar-refractivity contribution >= 4 is 10.0 Å². The van der Waals surface area contributed by atoms with Gasteiger partial charge in [0.15, 0.2) is 5.03 Å². The summed E-state index contributed by atoms with van der Waals surface area (Å²) < 4.78 is 27.2. The quantitative estimate of drug-likeness (QED) is 0.756. The molecule has 20 heavy (non-hydrogen) atoms. The highest BCUT2D eigenvalue weighted by Gasteiger charge is 2.39. The number of nitrogens with one attached hydrogen (secondary N) is 2. The van der Waals surface area contributed by atoms with Gasteiger partial charge in [0.05, 0.1) is 6.20 Å². The van der Waals surface area contributed by atoms with Crippen molar-refractivity contribution in [1.82, 2.24) is 19.8 Å². The minimum atomic E-state index is -3.44. The van der Waals surface area contributed by atoms with E-state index in [0.29, 0.717) is 19.1 Å². The Labute approximate surface area is 120 Å². The second kappa shape index (κ2) is 5.46. The van der Waals surface area contributed by atoms with Gasteiger partial charge in [-0.1, -0.05) is 6.92 Å². The van der Waals surface area contributed by atoms with Crippen LogP contribution in [0.4, 0.5) is 0 Å². The van der Waals surface area contributed by atoms with Crippen LogP contribution in [0.1, 0.15) is 44.6 Å². The molecule has 0 aromatic carbocycles. The fourth-order valence-electron chi connectivity index (χ4n) is 2.39. The lowest BCUT2D eigenvalue weighted by Gasteiger charge is -2.20. The summed E-state index contributed by atoms with van der Waals surface area (Å²) in [6.45, 7) is 3.16. The van der Waals surface area contributed by atoms with E-state index in [9.17, 15) is 8.42 Å². The number of aromatic nitrogens is 2. The highest BCUT2D eigenvalue weighted by molar-refractivity contribution is 7.89. The number of aromatic amines is 1. The average Bonchev–Trinajstić information content (AvgIpc) is 3.33. The zero-order valence-electron chi connectivity index (χ0n) is 11.8. The first-order valence-corrected chi connectivity index (χ1v) is 8.84. The highest BCUT2D eigenvalue weighted by Crippen LogP contribution is 2.32. The van der Waals surface area contributed by atoms with Crippen LogP contribution in [0, 0.1) is 0 Å². The normalized spacial score (nSPS) is 19.7. The SMILES string of the molecule is CCCN(C1CC1)S(=O)(=O)c1[nH]ncc1CNC1CC1. The summed E-state index contributed by atoms with van der Waals surface area (Å²) in [6, 6.07) is 0.739. The Bertz CT molecular complexity index is 561. The van der Waals surface area contributed by atoms with Crippen LogP contribution in [0.2, 0.25) is 0 Å². The van der Waals surface area contributed by atoms with Crippen LogP contribution in [0.25, 0.3) is 0 Å². The van der Waals surface area contributed by atoms with Gasteiger partial charge in [-0.05, 0) is 32.1 Å². The van der Waals surface area contributed by atoms with E-state index in [0.717, 1.165) is 24.8 Å². The van der Waals surface area contributed by atoms with Gasteiger partial charge in [0, 0.05) is 30.7 Å². The third-order valence-electron chi connectivity index (χ3n) is 3.80. The van der Waals surface area contributed by atoms with E-state index < -0.39 is 10.0 Å². The third-order valence-corrected chi connectivity index (χ3v) is 5.77. The number of hydrogen-bond donors (Lipinski definition) is 2. The number of nitrogens with zero attached hydrogens (tertiary/aromatic N) is 2. The topological polar surface area (TPSA) is 78.1 Å². The van der Waals surface area contributed by atoms with Crippen LogP contribution in [-0.4, -0.2) is 41.5 Å². The molecule has 2 aliphatic rings. The first-order valence-electron chi connectivity index (χ1n) is 7.40. The van der Waals surface area contributed by atoms with Gasteiger partial charge >= 0.3 is 0 Å². The summed E-state index contributed by atoms with van der Waals surface area (Å²) in [6.07, 6.45) is 6.78. The second-order valence-corrected chi connectivity index (χ2v) is 7.55. The molecule has 0 spiro atoms. The molecule has 0 amide bonds. The molecule has 2 aliphatic carbocycles. The van der Waals surface area contributed by atoms with Crippen molar-refractivity contribution in [3.05, 3.63) is 11.8 Å². The molecule has 1 aromatic rings. The maximum absolute atomic E-state index is 12.8. The lowest BCUT2D eigenvalue weighted by Crippen LogP contribution is -2.35. The summed E-state index contributed by atoms with van der Waals surface area (Å²) in [7, 11) is -3.44. The summed E-state index contributed by atoms with van der Waals surface area (Å²) in [5.74, 6) is 0. The molecule has 2 saturated carbocycles. The molecular weight excluding hydrogens is 276 g/mol. The van der Waals surface area contributed by atoms with Crippen molar-refractivity contribution in [2.75, 3.05) is 6.54 Å². The standard InChI is InChI=1S/C13H22N4O2S/c1-2-7-17(12-5-6-12)20(18,19)13-10(9-15-16-13)8-14-11-3-4-11/h9,11-12,14H,2-8H2,1H3,(H,15,16). The zero-order chi connectivity index (χ0) is 14.2. The number of hydrogen-bond acceptors (Lipinski definition) is 4. The molecule has 0 aliphatic heterocycles. The summed E-state index contributed by atoms with van der Waals surface area (Å²) >= 11 is 0. The minimum Gasteiger partial charge on any atom is -0.310 e. The number of rotatable bonds is 8. The molecule has 0 saturated heterocycles. The molecule has 0 radical (unpaired) electrons. The Kier molecular flexibility index (Phi) is 3.83. The molecule has 3 rings (SSSR count). The highest BCUT2D eigenvalue weighted by atomic mass is 32.2. The van der Waals surface area contributed by atoms with Gasteiger partial charge in [-0.25, -0.2) is 8.42 Å². The smallest absolute Gasteiger partial charge is 0.260 e. The second-order valence-electron chi connectivity index (χ2n) is 5.73. The molecule has 112 valence electrons. The minimum absolute atomic E-state index is 0.187. The van der Waals surface area contributed by atoms with E-state index in [1.165, 1.54) is 12.8 Å². The Morgan fingerprint density at radius 1 is 1.40 bits per heavy atom. The van der Waals surface area contributed by atoms with Crippen LogP contribution >= 0.6 is 0 Å². The molecule has 0 bridgehead atoms. The van der Waals surface area contributed by atoms with E-state index in [-0.39, 0.29) is 11.1 Å². The Morgan fingerprint density at radius 2 is 2.15 bits per heavy atom. The van der Waals surface area contributed by atoms with Crippen LogP contribution in [0.15, 0.2) is 11.2 Å². The van der Waals surface area contributed by atoms with E-state index in [1.807, 2.05) is 6.92 Å². The van der Waals surface area contributed by atoms with Gasteiger partial charge in [-0.2, -0.15) is 9.40 Å². The fraction of sp³-hybridized carbons (Fsp3) is 0.769. The molecule has 1 aromatic heterocycles. The van der Waals surface area contributed by atoms with Gasteiger partial charge < -0.3 is 5.32 Å². The molecule has 2 N–H and O–H groups in total. The van der Waals surface area contributed by atoms with E-state index >= 15 is 0 Å². The van der Waals surface area contributed by atoms with Crippen molar-refractivity contribution in [1.29, 1.82) is 0 Å². The molecule has 1 heterocycles. The molecule has 0 atom stereocenters. The first-order chi connectivity index (χ1) is 9.63. The Hall–Kier alpha value is -0.920. The molecule has 0 unspecified atom stereocenters. The number of sulfonamides is 1. The zero-order valence-corrected chi connectivity index (χ0v) is 12.6. The number of H-pyrrole nitrogens is 1. The maximum atomic E-state index is 12.8. The van der Waals surface area contributed by atoms with Crippen LogP contribution in [-0.2, 0) is 16.6 Å². The summed E-state index contributed by atoms with van der Waals surface area (Å²) in [4.78, 5) is 0. The van der Waals surface area contributed by atoms with Gasteiger partial charge in [0.25, 0.3) is 10.0 Å². The molecule has 2 fully saturated rings. The molecular formula is C13H22N4O2S. The summed E-state index contributed by atoms with van der Waals surface area (Å²) in [5.41, 5.74) is 0.749. The largest absolute Gasteiger partial charge is 0.310 e. The van der Waals surface area contributed by atoms with Crippen LogP contribution in [0.3, 0.4) is 0 Å². The van der Waals surface area contributed by atoms with Gasteiger partial charge in [0.2, 0.25) is 0 Å². The van der Waals surface area contributed by atoms with E-state index in [1.54, 1.807) is 10.5 Å². The van der Waals surface area contributed by atoms with Crippen LogP contribution < -0.4 is 5.32 Å². The average molecular weight is 298 g/mol. The van der Waals surface area contributed by atoms with Crippen molar-refractivity contribution < 1.29 is 8.42 Å². The Balaban J connectivity index is 1.80. The van der Waals surface area contributed by atoms with Gasteiger partial charge in [-0.3, -0.25) is 5.10 Å². The lowest BCUT2D eigenvalue weighted by atomic mass is 10.3. The van der Waals surface area contributed by atoms with Crippen molar-refractivity contribution in [2.45, 2.75) is 62.7 Å². The van der Waals surface area contributed by atoms with Crippen molar-refractivity contribution in [3.63, 3.8) is 0 Å². The Morgan fingerprint density at radius 3 is 2.75 bits per heavy atom. The summed E-state index contributed by atoms with van der Waals surface area (Å²) in [5, 5.41) is 10.2. The lowest BCUT2D eigenvalue weighted by molar-refractivity contribution is 0.400. The van der Waals surface area contributed by atoms with Crippen LogP contribution in [0.5, 0.6) is 0 Å². The van der Waals surface area contributed by atoms with Gasteiger partial charge in [-0.15, -0.1) is 0 Å². The third kappa shape index (κ3) is 2.89. The van der Waals surface area contributed by atoms with Gasteiger partial charge in [0.1, 0.15) is 0 Å². The molecule has 7 heteroatoms. The predicted octanol–water partition coefficient (Wildman–Crippen LogP) is 1.22.